The fraction of sp³-hybridized carbons (Fsp3) is 0.457. The highest BCUT2D eigenvalue weighted by molar-refractivity contribution is 5.84. The lowest BCUT2D eigenvalue weighted by Crippen LogP contribution is -2.48. The van der Waals surface area contributed by atoms with Gasteiger partial charge in [-0.2, -0.15) is 0 Å². The lowest BCUT2D eigenvalue weighted by molar-refractivity contribution is -0.141. The number of Topliss-reactive ketones (excluding diaryl/α,β-unsaturated/α-hetero) is 1. The number of rotatable bonds is 13. The highest BCUT2D eigenvalue weighted by Gasteiger charge is 2.29. The molecule has 1 aliphatic heterocycles. The highest BCUT2D eigenvalue weighted by Crippen LogP contribution is 2.33. The second kappa shape index (κ2) is 14.1. The van der Waals surface area contributed by atoms with Gasteiger partial charge in [-0.1, -0.05) is 62.4 Å². The number of likely N-dealkylation sites (tertiary alicyclic amines) is 1. The molecular weight excluding hydrogens is 531 g/mol. The van der Waals surface area contributed by atoms with E-state index >= 15 is 0 Å². The summed E-state index contributed by atoms with van der Waals surface area (Å²) in [6, 6.07) is 16.9. The first-order valence-electron chi connectivity index (χ1n) is 14.9. The van der Waals surface area contributed by atoms with Gasteiger partial charge in [-0.3, -0.25) is 19.3 Å². The monoisotopic (exact) mass is 574 g/mol. The van der Waals surface area contributed by atoms with Crippen LogP contribution in [0.3, 0.4) is 0 Å². The van der Waals surface area contributed by atoms with Crippen molar-refractivity contribution in [1.82, 2.24) is 9.47 Å². The predicted octanol–water partition coefficient (Wildman–Crippen LogP) is 6.22. The molecule has 1 aromatic heterocycles. The molecule has 42 heavy (non-hydrogen) atoms. The zero-order valence-corrected chi connectivity index (χ0v) is 25.4. The quantitative estimate of drug-likeness (QED) is 0.227. The van der Waals surface area contributed by atoms with Crippen molar-refractivity contribution in [2.75, 3.05) is 26.7 Å². The Morgan fingerprint density at radius 3 is 2.33 bits per heavy atom. The molecule has 2 aromatic carbocycles. The number of aromatic nitrogens is 1. The van der Waals surface area contributed by atoms with Gasteiger partial charge in [0.25, 0.3) is 5.56 Å². The van der Waals surface area contributed by atoms with E-state index in [4.69, 9.17) is 4.74 Å². The summed E-state index contributed by atoms with van der Waals surface area (Å²) in [6.45, 7) is 9.82. The Morgan fingerprint density at radius 2 is 1.69 bits per heavy atom. The summed E-state index contributed by atoms with van der Waals surface area (Å²) in [5, 5.41) is 0. The van der Waals surface area contributed by atoms with Gasteiger partial charge in [-0.05, 0) is 66.0 Å². The molecule has 224 valence electrons. The molecule has 1 aliphatic rings. The summed E-state index contributed by atoms with van der Waals surface area (Å²) < 4.78 is 19.8. The normalized spacial score (nSPS) is 15.3. The number of halogens is 1. The molecule has 0 bridgehead atoms. The van der Waals surface area contributed by atoms with Gasteiger partial charge >= 0.3 is 5.97 Å². The summed E-state index contributed by atoms with van der Waals surface area (Å²) in [7, 11) is 1.36. The molecule has 2 atom stereocenters. The van der Waals surface area contributed by atoms with Crippen molar-refractivity contribution in [1.29, 1.82) is 0 Å². The number of ketones is 1. The molecule has 0 radical (unpaired) electrons. The number of carbonyl (C=O) groups excluding carboxylic acids is 2. The second-order valence-electron chi connectivity index (χ2n) is 12.1. The molecule has 0 N–H and O–H groups in total. The lowest BCUT2D eigenvalue weighted by atomic mass is 9.85. The average Bonchev–Trinajstić information content (AvgIpc) is 2.93. The SMILES string of the molecule is COC(=O)C[C@H](CC(=O)C(CC(C)C)n1cc(CCN2CC(F)C2)ccc1=O)c1cccc(-c2c(C)cccc2C)c1. The van der Waals surface area contributed by atoms with E-state index in [1.54, 1.807) is 16.8 Å². The van der Waals surface area contributed by atoms with Gasteiger partial charge in [0.05, 0.1) is 19.6 Å². The van der Waals surface area contributed by atoms with Crippen LogP contribution in [0.4, 0.5) is 4.39 Å². The molecule has 1 unspecified atom stereocenters. The van der Waals surface area contributed by atoms with E-state index in [1.165, 1.54) is 13.2 Å². The first-order chi connectivity index (χ1) is 20.0. The number of aryl methyl sites for hydroxylation is 2. The molecule has 0 aliphatic carbocycles. The number of methoxy groups -OCH3 is 1. The molecule has 3 aromatic rings. The van der Waals surface area contributed by atoms with Gasteiger partial charge in [0, 0.05) is 44.2 Å². The van der Waals surface area contributed by atoms with E-state index < -0.39 is 18.1 Å². The van der Waals surface area contributed by atoms with E-state index in [0.717, 1.165) is 33.4 Å². The van der Waals surface area contributed by atoms with Crippen molar-refractivity contribution >= 4 is 11.8 Å². The number of ether oxygens (including phenoxy) is 1. The first-order valence-corrected chi connectivity index (χ1v) is 14.9. The summed E-state index contributed by atoms with van der Waals surface area (Å²) in [5.74, 6) is -0.699. The Morgan fingerprint density at radius 1 is 1.00 bits per heavy atom. The number of pyridine rings is 1. The van der Waals surface area contributed by atoms with Gasteiger partial charge in [0.1, 0.15) is 6.17 Å². The first kappa shape index (κ1) is 31.4. The third kappa shape index (κ3) is 7.82. The third-order valence-corrected chi connectivity index (χ3v) is 8.25. The Labute approximate surface area is 248 Å². The lowest BCUT2D eigenvalue weighted by Gasteiger charge is -2.34. The predicted molar refractivity (Wildman–Crippen MR) is 165 cm³/mol. The van der Waals surface area contributed by atoms with Crippen molar-refractivity contribution in [3.05, 3.63) is 93.4 Å². The van der Waals surface area contributed by atoms with E-state index in [0.29, 0.717) is 32.5 Å². The molecule has 0 spiro atoms. The van der Waals surface area contributed by atoms with E-state index in [9.17, 15) is 18.8 Å². The van der Waals surface area contributed by atoms with Gasteiger partial charge in [0.15, 0.2) is 5.78 Å². The fourth-order valence-corrected chi connectivity index (χ4v) is 5.95. The Bertz CT molecular complexity index is 1440. The Kier molecular flexibility index (Phi) is 10.5. The average molecular weight is 575 g/mol. The maximum atomic E-state index is 14.1. The highest BCUT2D eigenvalue weighted by atomic mass is 19.1. The van der Waals surface area contributed by atoms with Crippen LogP contribution in [0.1, 0.15) is 67.3 Å². The van der Waals surface area contributed by atoms with Crippen LogP contribution in [-0.4, -0.2) is 54.1 Å². The van der Waals surface area contributed by atoms with Gasteiger partial charge < -0.3 is 9.30 Å². The minimum Gasteiger partial charge on any atom is -0.469 e. The molecular formula is C35H43FN2O4. The van der Waals surface area contributed by atoms with Crippen LogP contribution in [0.5, 0.6) is 0 Å². The van der Waals surface area contributed by atoms with Crippen molar-refractivity contribution in [2.45, 2.75) is 71.5 Å². The van der Waals surface area contributed by atoms with Crippen molar-refractivity contribution in [3.63, 3.8) is 0 Å². The molecule has 2 heterocycles. The molecule has 1 fully saturated rings. The van der Waals surface area contributed by atoms with Crippen LogP contribution in [0.25, 0.3) is 11.1 Å². The van der Waals surface area contributed by atoms with Crippen LogP contribution in [0, 0.1) is 19.8 Å². The number of esters is 1. The summed E-state index contributed by atoms with van der Waals surface area (Å²) in [4.78, 5) is 41.7. The van der Waals surface area contributed by atoms with Gasteiger partial charge in [-0.15, -0.1) is 0 Å². The smallest absolute Gasteiger partial charge is 0.306 e. The number of nitrogens with zero attached hydrogens (tertiary/aromatic N) is 2. The van der Waals surface area contributed by atoms with Crippen molar-refractivity contribution in [3.8, 4) is 11.1 Å². The number of hydrogen-bond acceptors (Lipinski definition) is 5. The van der Waals surface area contributed by atoms with Crippen molar-refractivity contribution < 1.29 is 18.7 Å². The molecule has 0 amide bonds. The largest absolute Gasteiger partial charge is 0.469 e. The number of benzene rings is 2. The second-order valence-corrected chi connectivity index (χ2v) is 12.1. The zero-order chi connectivity index (χ0) is 30.4. The molecule has 0 saturated carbocycles. The van der Waals surface area contributed by atoms with Crippen LogP contribution in [-0.2, 0) is 20.7 Å². The van der Waals surface area contributed by atoms with E-state index in [-0.39, 0.29) is 36.1 Å². The van der Waals surface area contributed by atoms with Crippen LogP contribution in [0.15, 0.2) is 65.6 Å². The summed E-state index contributed by atoms with van der Waals surface area (Å²) in [6.07, 6.45) is 2.37. The minimum atomic E-state index is -0.758. The van der Waals surface area contributed by atoms with Crippen LogP contribution < -0.4 is 5.56 Å². The molecule has 4 rings (SSSR count). The molecule has 1 saturated heterocycles. The van der Waals surface area contributed by atoms with Gasteiger partial charge in [0.2, 0.25) is 0 Å². The number of hydrogen-bond donors (Lipinski definition) is 0. The van der Waals surface area contributed by atoms with Crippen LogP contribution >= 0.6 is 0 Å². The van der Waals surface area contributed by atoms with Crippen molar-refractivity contribution in [2.24, 2.45) is 5.92 Å². The topological polar surface area (TPSA) is 68.6 Å². The molecule has 6 nitrogen and oxygen atoms in total. The maximum absolute atomic E-state index is 14.1. The molecule has 7 heteroatoms. The Balaban J connectivity index is 1.63. The number of alkyl halides is 1. The van der Waals surface area contributed by atoms with E-state index in [2.05, 4.69) is 38.1 Å². The fourth-order valence-electron chi connectivity index (χ4n) is 5.95. The van der Waals surface area contributed by atoms with E-state index in [1.807, 2.05) is 36.9 Å². The maximum Gasteiger partial charge on any atom is 0.306 e. The summed E-state index contributed by atoms with van der Waals surface area (Å²) >= 11 is 0. The zero-order valence-electron chi connectivity index (χ0n) is 25.4. The minimum absolute atomic E-state index is 0.0627. The van der Waals surface area contributed by atoms with Gasteiger partial charge in [-0.25, -0.2) is 4.39 Å². The number of carbonyl (C=O) groups is 2. The van der Waals surface area contributed by atoms with Crippen LogP contribution in [0.2, 0.25) is 0 Å². The third-order valence-electron chi connectivity index (χ3n) is 8.25. The standard InChI is InChI=1S/C35H43FN2O4/c1-23(2)16-31(38-20-26(12-13-33(38)40)14-15-37-21-30(36)22-37)32(39)18-29(19-34(41)42-5)27-10-7-11-28(17-27)35-24(3)8-6-9-25(35)4/h6-13,17,20,23,29-31H,14-16,18-19,21-22H2,1-5H3/t29-,31?/m0/s1. The summed E-state index contributed by atoms with van der Waals surface area (Å²) in [5.41, 5.74) is 6.08. The Hall–Kier alpha value is -3.58.